The van der Waals surface area contributed by atoms with Crippen LogP contribution in [0, 0.1) is 12.7 Å². The van der Waals surface area contributed by atoms with E-state index in [0.29, 0.717) is 11.6 Å². The average molecular weight is 353 g/mol. The van der Waals surface area contributed by atoms with E-state index in [-0.39, 0.29) is 11.7 Å². The van der Waals surface area contributed by atoms with Crippen LogP contribution in [0.5, 0.6) is 0 Å². The highest BCUT2D eigenvalue weighted by Crippen LogP contribution is 2.31. The van der Waals surface area contributed by atoms with Crippen molar-refractivity contribution in [2.75, 3.05) is 5.32 Å². The van der Waals surface area contributed by atoms with Crippen LogP contribution in [0.15, 0.2) is 41.8 Å². The van der Waals surface area contributed by atoms with Crippen molar-refractivity contribution in [2.24, 2.45) is 0 Å². The van der Waals surface area contributed by atoms with Gasteiger partial charge in [-0.3, -0.25) is 5.10 Å². The van der Waals surface area contributed by atoms with Gasteiger partial charge in [-0.2, -0.15) is 5.10 Å². The first-order chi connectivity index (χ1) is 12.1. The van der Waals surface area contributed by atoms with E-state index >= 15 is 0 Å². The summed E-state index contributed by atoms with van der Waals surface area (Å²) in [4.78, 5) is 10.3. The number of rotatable bonds is 4. The van der Waals surface area contributed by atoms with Gasteiger partial charge >= 0.3 is 0 Å². The molecule has 0 saturated heterocycles. The SMILES string of the molecule is Cc1cc(Nc2nc(C(C)c3ccc(F)cc3)nc3sccc23)n[nH]1. The molecule has 0 aliphatic rings. The number of thiophene rings is 1. The van der Waals surface area contributed by atoms with Crippen LogP contribution in [0.4, 0.5) is 16.0 Å². The van der Waals surface area contributed by atoms with Crippen LogP contribution >= 0.6 is 11.3 Å². The first-order valence-corrected chi connectivity index (χ1v) is 8.78. The number of halogens is 1. The molecule has 5 nitrogen and oxygen atoms in total. The highest BCUT2D eigenvalue weighted by Gasteiger charge is 2.16. The first kappa shape index (κ1) is 15.7. The Morgan fingerprint density at radius 2 is 1.96 bits per heavy atom. The summed E-state index contributed by atoms with van der Waals surface area (Å²) in [5.74, 6) is 1.83. The Bertz CT molecular complexity index is 1020. The molecule has 4 rings (SSSR count). The molecule has 2 N–H and O–H groups in total. The van der Waals surface area contributed by atoms with E-state index in [1.54, 1.807) is 23.5 Å². The molecule has 0 aliphatic heterocycles. The van der Waals surface area contributed by atoms with Crippen molar-refractivity contribution in [3.63, 3.8) is 0 Å². The van der Waals surface area contributed by atoms with Gasteiger partial charge in [-0.05, 0) is 36.1 Å². The van der Waals surface area contributed by atoms with E-state index in [2.05, 4.69) is 20.5 Å². The number of fused-ring (bicyclic) bond motifs is 1. The summed E-state index contributed by atoms with van der Waals surface area (Å²) in [5, 5.41) is 13.3. The van der Waals surface area contributed by atoms with Crippen molar-refractivity contribution in [1.29, 1.82) is 0 Å². The molecule has 1 unspecified atom stereocenters. The predicted molar refractivity (Wildman–Crippen MR) is 97.9 cm³/mol. The van der Waals surface area contributed by atoms with Gasteiger partial charge in [0.05, 0.1) is 5.39 Å². The van der Waals surface area contributed by atoms with Crippen LogP contribution in [-0.2, 0) is 0 Å². The summed E-state index contributed by atoms with van der Waals surface area (Å²) in [7, 11) is 0. The maximum Gasteiger partial charge on any atom is 0.153 e. The number of aromatic nitrogens is 4. The molecule has 0 radical (unpaired) electrons. The molecule has 0 amide bonds. The third-order valence-electron chi connectivity index (χ3n) is 4.05. The number of nitrogens with zero attached hydrogens (tertiary/aromatic N) is 3. The van der Waals surface area contributed by atoms with Crippen molar-refractivity contribution in [2.45, 2.75) is 19.8 Å². The molecule has 0 aliphatic carbocycles. The van der Waals surface area contributed by atoms with Gasteiger partial charge in [-0.1, -0.05) is 19.1 Å². The Morgan fingerprint density at radius 1 is 1.16 bits per heavy atom. The lowest BCUT2D eigenvalue weighted by Crippen LogP contribution is -2.05. The van der Waals surface area contributed by atoms with E-state index < -0.39 is 0 Å². The lowest BCUT2D eigenvalue weighted by molar-refractivity contribution is 0.626. The monoisotopic (exact) mass is 353 g/mol. The summed E-state index contributed by atoms with van der Waals surface area (Å²) in [6.07, 6.45) is 0. The molecule has 4 aromatic rings. The third kappa shape index (κ3) is 3.10. The minimum atomic E-state index is -0.248. The van der Waals surface area contributed by atoms with Gasteiger partial charge in [-0.25, -0.2) is 14.4 Å². The number of aromatic amines is 1. The molecule has 1 aromatic carbocycles. The van der Waals surface area contributed by atoms with Crippen LogP contribution in [0.25, 0.3) is 10.2 Å². The van der Waals surface area contributed by atoms with Gasteiger partial charge in [0.1, 0.15) is 22.3 Å². The van der Waals surface area contributed by atoms with Crippen molar-refractivity contribution >= 4 is 33.2 Å². The molecular weight excluding hydrogens is 337 g/mol. The fraction of sp³-hybridized carbons (Fsp3) is 0.167. The Labute approximate surface area is 148 Å². The van der Waals surface area contributed by atoms with Gasteiger partial charge in [0, 0.05) is 17.7 Å². The number of aryl methyl sites for hydroxylation is 1. The van der Waals surface area contributed by atoms with Crippen LogP contribution in [0.3, 0.4) is 0 Å². The van der Waals surface area contributed by atoms with Gasteiger partial charge in [0.15, 0.2) is 5.82 Å². The van der Waals surface area contributed by atoms with Crippen molar-refractivity contribution in [3.8, 4) is 0 Å². The first-order valence-electron chi connectivity index (χ1n) is 7.90. The second-order valence-corrected chi connectivity index (χ2v) is 6.80. The van der Waals surface area contributed by atoms with E-state index in [4.69, 9.17) is 4.98 Å². The van der Waals surface area contributed by atoms with Crippen LogP contribution in [-0.4, -0.2) is 20.2 Å². The number of hydrogen-bond acceptors (Lipinski definition) is 5. The summed E-state index contributed by atoms with van der Waals surface area (Å²) < 4.78 is 13.2. The van der Waals surface area contributed by atoms with E-state index in [1.807, 2.05) is 31.4 Å². The number of hydrogen-bond donors (Lipinski definition) is 2. The Balaban J connectivity index is 1.75. The summed E-state index contributed by atoms with van der Waals surface area (Å²) in [5.41, 5.74) is 1.94. The number of H-pyrrole nitrogens is 1. The molecule has 0 spiro atoms. The lowest BCUT2D eigenvalue weighted by Gasteiger charge is -2.13. The molecule has 3 aromatic heterocycles. The minimum Gasteiger partial charge on any atom is -0.323 e. The Kier molecular flexibility index (Phi) is 3.93. The number of anilines is 2. The molecule has 3 heterocycles. The highest BCUT2D eigenvalue weighted by molar-refractivity contribution is 7.16. The topological polar surface area (TPSA) is 66.5 Å². The molecule has 0 saturated carbocycles. The van der Waals surface area contributed by atoms with Gasteiger partial charge < -0.3 is 5.32 Å². The summed E-state index contributed by atoms with van der Waals surface area (Å²) >= 11 is 1.57. The zero-order valence-electron chi connectivity index (χ0n) is 13.7. The van der Waals surface area contributed by atoms with E-state index in [9.17, 15) is 4.39 Å². The van der Waals surface area contributed by atoms with Crippen LogP contribution in [0.1, 0.15) is 29.9 Å². The molecule has 1 atom stereocenters. The lowest BCUT2D eigenvalue weighted by atomic mass is 10.0. The standard InChI is InChI=1S/C18H16FN5S/c1-10-9-15(24-23-10)20-17-14-7-8-25-18(14)22-16(21-17)11(2)12-3-5-13(19)6-4-12/h3-9,11H,1-2H3,(H2,20,21,22,23,24). The smallest absolute Gasteiger partial charge is 0.153 e. The van der Waals surface area contributed by atoms with Crippen LogP contribution < -0.4 is 5.32 Å². The number of benzene rings is 1. The van der Waals surface area contributed by atoms with E-state index in [1.165, 1.54) is 12.1 Å². The van der Waals surface area contributed by atoms with Crippen molar-refractivity contribution in [1.82, 2.24) is 20.2 Å². The fourth-order valence-electron chi connectivity index (χ4n) is 2.66. The number of nitrogens with one attached hydrogen (secondary N) is 2. The van der Waals surface area contributed by atoms with Crippen molar-refractivity contribution < 1.29 is 4.39 Å². The average Bonchev–Trinajstić information content (AvgIpc) is 3.23. The minimum absolute atomic E-state index is 0.0476. The van der Waals surface area contributed by atoms with Crippen molar-refractivity contribution in [3.05, 3.63) is 64.7 Å². The van der Waals surface area contributed by atoms with Gasteiger partial charge in [0.25, 0.3) is 0 Å². The summed E-state index contributed by atoms with van der Waals surface area (Å²) in [6.45, 7) is 3.96. The second kappa shape index (κ2) is 6.25. The Hall–Kier alpha value is -2.80. The zero-order valence-corrected chi connectivity index (χ0v) is 14.6. The zero-order chi connectivity index (χ0) is 17.4. The summed E-state index contributed by atoms with van der Waals surface area (Å²) in [6, 6.07) is 10.4. The Morgan fingerprint density at radius 3 is 2.68 bits per heavy atom. The molecular formula is C18H16FN5S. The molecule has 126 valence electrons. The molecule has 7 heteroatoms. The third-order valence-corrected chi connectivity index (χ3v) is 4.86. The maximum absolute atomic E-state index is 13.2. The normalized spacial score (nSPS) is 12.4. The second-order valence-electron chi connectivity index (χ2n) is 5.90. The van der Waals surface area contributed by atoms with Gasteiger partial charge in [0.2, 0.25) is 0 Å². The largest absolute Gasteiger partial charge is 0.323 e. The predicted octanol–water partition coefficient (Wildman–Crippen LogP) is 4.76. The quantitative estimate of drug-likeness (QED) is 0.555. The highest BCUT2D eigenvalue weighted by atomic mass is 32.1. The molecule has 25 heavy (non-hydrogen) atoms. The molecule has 0 bridgehead atoms. The fourth-order valence-corrected chi connectivity index (χ4v) is 3.44. The molecule has 0 fully saturated rings. The maximum atomic E-state index is 13.2. The van der Waals surface area contributed by atoms with E-state index in [0.717, 1.165) is 27.3 Å². The van der Waals surface area contributed by atoms with Gasteiger partial charge in [-0.15, -0.1) is 11.3 Å². The van der Waals surface area contributed by atoms with Crippen LogP contribution in [0.2, 0.25) is 0 Å².